The van der Waals surface area contributed by atoms with Crippen LogP contribution in [0, 0.1) is 5.92 Å². The topological polar surface area (TPSA) is 41.5 Å². The van der Waals surface area contributed by atoms with Crippen LogP contribution in [0.2, 0.25) is 0 Å². The van der Waals surface area contributed by atoms with Crippen molar-refractivity contribution < 1.29 is 4.79 Å². The number of carbonyl (C=O) groups excluding carboxylic acids is 1. The predicted octanol–water partition coefficient (Wildman–Crippen LogP) is 0.559. The van der Waals surface area contributed by atoms with Gasteiger partial charge in [-0.15, -0.1) is 0 Å². The van der Waals surface area contributed by atoms with Gasteiger partial charge in [-0.3, -0.25) is 4.79 Å². The van der Waals surface area contributed by atoms with Gasteiger partial charge >= 0.3 is 0 Å². The Kier molecular flexibility index (Phi) is 1.74. The molecule has 0 aromatic carbocycles. The Balaban J connectivity index is 2.74. The number of hydrazone groups is 1. The van der Waals surface area contributed by atoms with E-state index in [0.717, 1.165) is 5.71 Å². The van der Waals surface area contributed by atoms with E-state index >= 15 is 0 Å². The maximum atomic E-state index is 10.9. The highest BCUT2D eigenvalue weighted by atomic mass is 16.1. The van der Waals surface area contributed by atoms with Crippen molar-refractivity contribution >= 4 is 11.5 Å². The normalized spacial score (nSPS) is 31.3. The summed E-state index contributed by atoms with van der Waals surface area (Å²) in [6, 6.07) is 0.178. The maximum absolute atomic E-state index is 10.9. The van der Waals surface area contributed by atoms with Gasteiger partial charge in [-0.1, -0.05) is 0 Å². The molecule has 0 spiro atoms. The molecular weight excluding hydrogens is 128 g/mol. The van der Waals surface area contributed by atoms with Gasteiger partial charge in [0.2, 0.25) is 0 Å². The van der Waals surface area contributed by atoms with Gasteiger partial charge in [0, 0.05) is 5.71 Å². The van der Waals surface area contributed by atoms with Gasteiger partial charge in [-0.05, 0) is 20.8 Å². The molecule has 0 saturated carbocycles. The highest BCUT2D eigenvalue weighted by Gasteiger charge is 2.28. The Morgan fingerprint density at radius 3 is 2.50 bits per heavy atom. The summed E-state index contributed by atoms with van der Waals surface area (Å²) >= 11 is 0. The van der Waals surface area contributed by atoms with Crippen molar-refractivity contribution in [1.29, 1.82) is 0 Å². The predicted molar refractivity (Wildman–Crippen MR) is 39.9 cm³/mol. The number of carbonyl (C=O) groups is 1. The molecule has 0 aliphatic carbocycles. The summed E-state index contributed by atoms with van der Waals surface area (Å²) in [6.45, 7) is 5.45. The van der Waals surface area contributed by atoms with Crippen LogP contribution in [0.1, 0.15) is 20.8 Å². The summed E-state index contributed by atoms with van der Waals surface area (Å²) in [6.07, 6.45) is 0. The molecule has 3 nitrogen and oxygen atoms in total. The molecule has 0 fully saturated rings. The average Bonchev–Trinajstić information content (AvgIpc) is 2.11. The van der Waals surface area contributed by atoms with Crippen LogP contribution in [0.5, 0.6) is 0 Å². The molecule has 0 aromatic heterocycles. The van der Waals surface area contributed by atoms with Crippen molar-refractivity contribution in [2.75, 3.05) is 0 Å². The molecule has 3 heteroatoms. The van der Waals surface area contributed by atoms with Crippen LogP contribution in [-0.2, 0) is 4.79 Å². The van der Waals surface area contributed by atoms with Gasteiger partial charge in [0.15, 0.2) is 0 Å². The molecule has 1 aliphatic heterocycles. The van der Waals surface area contributed by atoms with E-state index < -0.39 is 0 Å². The van der Waals surface area contributed by atoms with Gasteiger partial charge in [0.05, 0.1) is 12.0 Å². The fraction of sp³-hybridized carbons (Fsp3) is 0.714. The second-order valence-electron chi connectivity index (χ2n) is 2.76. The molecule has 0 amide bonds. The zero-order chi connectivity index (χ0) is 7.72. The fourth-order valence-corrected chi connectivity index (χ4v) is 1.36. The number of ketones is 1. The van der Waals surface area contributed by atoms with Crippen molar-refractivity contribution in [2.45, 2.75) is 26.8 Å². The minimum Gasteiger partial charge on any atom is -0.306 e. The van der Waals surface area contributed by atoms with Gasteiger partial charge in [0.25, 0.3) is 0 Å². The molecule has 1 heterocycles. The summed E-state index contributed by atoms with van der Waals surface area (Å²) < 4.78 is 0. The fourth-order valence-electron chi connectivity index (χ4n) is 1.36. The van der Waals surface area contributed by atoms with E-state index in [1.165, 1.54) is 0 Å². The quantitative estimate of drug-likeness (QED) is 0.578. The number of Topliss-reactive ketones (excluding diaryl/α,β-unsaturated/α-hetero) is 1. The first-order valence-corrected chi connectivity index (χ1v) is 3.43. The van der Waals surface area contributed by atoms with Crippen LogP contribution >= 0.6 is 0 Å². The highest BCUT2D eigenvalue weighted by Crippen LogP contribution is 2.12. The van der Waals surface area contributed by atoms with E-state index in [-0.39, 0.29) is 17.7 Å². The molecule has 56 valence electrons. The highest BCUT2D eigenvalue weighted by molar-refractivity contribution is 6.04. The third-order valence-corrected chi connectivity index (χ3v) is 1.83. The number of nitrogens with one attached hydrogen (secondary N) is 1. The molecule has 10 heavy (non-hydrogen) atoms. The smallest absolute Gasteiger partial charge is 0.140 e. The zero-order valence-electron chi connectivity index (χ0n) is 6.51. The molecule has 2 atom stereocenters. The lowest BCUT2D eigenvalue weighted by molar-refractivity contribution is -0.119. The van der Waals surface area contributed by atoms with E-state index in [1.54, 1.807) is 6.92 Å². The molecule has 0 saturated heterocycles. The van der Waals surface area contributed by atoms with Crippen LogP contribution < -0.4 is 5.43 Å². The molecule has 1 rings (SSSR count). The molecule has 2 unspecified atom stereocenters. The van der Waals surface area contributed by atoms with Crippen LogP contribution in [-0.4, -0.2) is 17.5 Å². The molecular formula is C7H12N2O. The van der Waals surface area contributed by atoms with E-state index in [0.29, 0.717) is 0 Å². The largest absolute Gasteiger partial charge is 0.306 e. The van der Waals surface area contributed by atoms with Gasteiger partial charge in [-0.25, -0.2) is 0 Å². The zero-order valence-corrected chi connectivity index (χ0v) is 6.51. The van der Waals surface area contributed by atoms with Crippen molar-refractivity contribution in [1.82, 2.24) is 5.43 Å². The van der Waals surface area contributed by atoms with E-state index in [4.69, 9.17) is 0 Å². The van der Waals surface area contributed by atoms with Crippen molar-refractivity contribution in [3.8, 4) is 0 Å². The average molecular weight is 140 g/mol. The summed E-state index contributed by atoms with van der Waals surface area (Å²) in [5.74, 6) is 0.193. The Morgan fingerprint density at radius 2 is 2.30 bits per heavy atom. The Labute approximate surface area is 60.5 Å². The van der Waals surface area contributed by atoms with Gasteiger partial charge in [0.1, 0.15) is 5.78 Å². The number of hydrogen-bond acceptors (Lipinski definition) is 3. The molecule has 1 aliphatic rings. The maximum Gasteiger partial charge on any atom is 0.140 e. The Bertz CT molecular complexity index is 186. The van der Waals surface area contributed by atoms with Crippen LogP contribution in [0.15, 0.2) is 5.10 Å². The van der Waals surface area contributed by atoms with Gasteiger partial charge in [-0.2, -0.15) is 5.10 Å². The molecule has 0 bridgehead atoms. The van der Waals surface area contributed by atoms with Gasteiger partial charge < -0.3 is 5.43 Å². The number of nitrogens with zero attached hydrogens (tertiary/aromatic N) is 1. The van der Waals surface area contributed by atoms with Crippen molar-refractivity contribution in [2.24, 2.45) is 11.0 Å². The summed E-state index contributed by atoms with van der Waals surface area (Å²) in [5, 5.41) is 3.97. The first-order chi connectivity index (χ1) is 4.63. The number of rotatable bonds is 1. The second-order valence-corrected chi connectivity index (χ2v) is 2.76. The Morgan fingerprint density at radius 1 is 1.70 bits per heavy atom. The lowest BCUT2D eigenvalue weighted by Crippen LogP contribution is -2.30. The van der Waals surface area contributed by atoms with Crippen LogP contribution in [0.3, 0.4) is 0 Å². The van der Waals surface area contributed by atoms with Crippen molar-refractivity contribution in [3.05, 3.63) is 0 Å². The molecule has 1 N–H and O–H groups in total. The summed E-state index contributed by atoms with van der Waals surface area (Å²) in [5.41, 5.74) is 3.77. The first kappa shape index (κ1) is 7.25. The lowest BCUT2D eigenvalue weighted by atomic mass is 9.95. The minimum absolute atomic E-state index is 0.000000000000000444. The monoisotopic (exact) mass is 140 g/mol. The number of hydrogen-bond donors (Lipinski definition) is 1. The lowest BCUT2D eigenvalue weighted by Gasteiger charge is -2.10. The standard InChI is InChI=1S/C7H12N2O/c1-4-7(6(3)10)5(2)9-8-4/h4,7-8H,1-3H3. The third-order valence-electron chi connectivity index (χ3n) is 1.83. The molecule has 0 aromatic rings. The summed E-state index contributed by atoms with van der Waals surface area (Å²) in [7, 11) is 0. The third kappa shape index (κ3) is 1.03. The van der Waals surface area contributed by atoms with Crippen molar-refractivity contribution in [3.63, 3.8) is 0 Å². The van der Waals surface area contributed by atoms with Crippen LogP contribution in [0.25, 0.3) is 0 Å². The molecule has 0 radical (unpaired) electrons. The van der Waals surface area contributed by atoms with E-state index in [1.807, 2.05) is 13.8 Å². The SMILES string of the molecule is CC(=O)C1C(C)=NNC1C. The second kappa shape index (κ2) is 2.40. The van der Waals surface area contributed by atoms with E-state index in [2.05, 4.69) is 10.5 Å². The van der Waals surface area contributed by atoms with E-state index in [9.17, 15) is 4.79 Å². The van der Waals surface area contributed by atoms with Crippen LogP contribution in [0.4, 0.5) is 0 Å². The minimum atomic E-state index is -0.000000000000000444. The Hall–Kier alpha value is -0.860. The summed E-state index contributed by atoms with van der Waals surface area (Å²) in [4.78, 5) is 10.9. The first-order valence-electron chi connectivity index (χ1n) is 3.43.